The van der Waals surface area contributed by atoms with Gasteiger partial charge in [-0.15, -0.1) is 0 Å². The van der Waals surface area contributed by atoms with Gasteiger partial charge < -0.3 is 23.8 Å². The number of methoxy groups -OCH3 is 1. The molecule has 25 heavy (non-hydrogen) atoms. The van der Waals surface area contributed by atoms with E-state index in [1.54, 1.807) is 7.11 Å². The fourth-order valence-corrected chi connectivity index (χ4v) is 4.64. The first-order valence-corrected chi connectivity index (χ1v) is 8.68. The summed E-state index contributed by atoms with van der Waals surface area (Å²) in [6.45, 7) is 1.32. The van der Waals surface area contributed by atoms with E-state index in [1.807, 2.05) is 6.07 Å². The molecule has 5 rings (SSSR count). The number of rotatable bonds is 1. The van der Waals surface area contributed by atoms with Gasteiger partial charge in [0.15, 0.2) is 23.0 Å². The second-order valence-corrected chi connectivity index (χ2v) is 7.68. The molecule has 3 aliphatic rings. The lowest BCUT2D eigenvalue weighted by molar-refractivity contribution is -0.923. The summed E-state index contributed by atoms with van der Waals surface area (Å²) < 4.78 is 17.8. The van der Waals surface area contributed by atoms with Gasteiger partial charge in [0.1, 0.15) is 6.04 Å². The second kappa shape index (κ2) is 4.82. The van der Waals surface area contributed by atoms with Gasteiger partial charge in [-0.25, -0.2) is 0 Å². The van der Waals surface area contributed by atoms with Crippen molar-refractivity contribution in [2.45, 2.75) is 18.9 Å². The molecule has 5 heteroatoms. The highest BCUT2D eigenvalue weighted by Gasteiger charge is 2.45. The van der Waals surface area contributed by atoms with Gasteiger partial charge in [0.25, 0.3) is 0 Å². The van der Waals surface area contributed by atoms with Crippen LogP contribution >= 0.6 is 0 Å². The fourth-order valence-electron chi connectivity index (χ4n) is 4.64. The van der Waals surface area contributed by atoms with Crippen LogP contribution in [0.1, 0.15) is 22.7 Å². The van der Waals surface area contributed by atoms with E-state index in [0.717, 1.165) is 52.1 Å². The number of benzene rings is 2. The first kappa shape index (κ1) is 14.9. The second-order valence-electron chi connectivity index (χ2n) is 7.68. The van der Waals surface area contributed by atoms with Crippen molar-refractivity contribution in [2.24, 2.45) is 0 Å². The minimum Gasteiger partial charge on any atom is -0.504 e. The third-order valence-corrected chi connectivity index (χ3v) is 6.03. The Bertz CT molecular complexity index is 903. The molecule has 0 radical (unpaired) electrons. The molecule has 2 aromatic carbocycles. The Hall–Kier alpha value is -2.40. The molecular weight excluding hydrogens is 318 g/mol. The van der Waals surface area contributed by atoms with Gasteiger partial charge in [0.2, 0.25) is 6.79 Å². The van der Waals surface area contributed by atoms with Crippen LogP contribution in [0, 0.1) is 0 Å². The third kappa shape index (κ3) is 1.87. The first-order valence-electron chi connectivity index (χ1n) is 8.68. The summed E-state index contributed by atoms with van der Waals surface area (Å²) in [5.74, 6) is 2.23. The van der Waals surface area contributed by atoms with Crippen LogP contribution in [0.15, 0.2) is 18.2 Å². The fraction of sp³-hybridized carbons (Fsp3) is 0.400. The van der Waals surface area contributed by atoms with Crippen molar-refractivity contribution in [2.75, 3.05) is 34.5 Å². The van der Waals surface area contributed by atoms with Crippen molar-refractivity contribution in [3.63, 3.8) is 0 Å². The quantitative estimate of drug-likeness (QED) is 0.811. The molecule has 2 heterocycles. The third-order valence-electron chi connectivity index (χ3n) is 6.03. The average Bonchev–Trinajstić information content (AvgIpc) is 3.06. The van der Waals surface area contributed by atoms with Gasteiger partial charge in [0.05, 0.1) is 27.7 Å². The van der Waals surface area contributed by atoms with Crippen molar-refractivity contribution < 1.29 is 23.8 Å². The van der Waals surface area contributed by atoms with Crippen molar-refractivity contribution in [1.82, 2.24) is 0 Å². The maximum absolute atomic E-state index is 10.9. The molecule has 0 saturated carbocycles. The Kier molecular flexibility index (Phi) is 2.87. The largest absolute Gasteiger partial charge is 0.504 e. The van der Waals surface area contributed by atoms with E-state index in [4.69, 9.17) is 14.2 Å². The lowest BCUT2D eigenvalue weighted by Gasteiger charge is -2.46. The minimum atomic E-state index is 0.195. The first-order chi connectivity index (χ1) is 12.0. The Labute approximate surface area is 146 Å². The number of phenols is 1. The van der Waals surface area contributed by atoms with Gasteiger partial charge in [-0.3, -0.25) is 0 Å². The highest BCUT2D eigenvalue weighted by Crippen LogP contribution is 2.57. The van der Waals surface area contributed by atoms with E-state index >= 15 is 0 Å². The van der Waals surface area contributed by atoms with Crippen LogP contribution in [0.4, 0.5) is 0 Å². The Morgan fingerprint density at radius 1 is 1.16 bits per heavy atom. The highest BCUT2D eigenvalue weighted by molar-refractivity contribution is 5.88. The highest BCUT2D eigenvalue weighted by atomic mass is 16.7. The summed E-state index contributed by atoms with van der Waals surface area (Å²) in [5, 5.41) is 10.9. The molecule has 0 bridgehead atoms. The van der Waals surface area contributed by atoms with E-state index < -0.39 is 0 Å². The Morgan fingerprint density at radius 3 is 2.80 bits per heavy atom. The smallest absolute Gasteiger partial charge is 0.231 e. The molecule has 1 aliphatic carbocycles. The number of aromatic hydroxyl groups is 1. The SMILES string of the molecule is COc1ccc2c(c1O)-c1c3c(cc4c1C(C2)[N+](C)(C)CC4)OCO3. The average molecular weight is 340 g/mol. The number of hydrogen-bond acceptors (Lipinski definition) is 4. The van der Waals surface area contributed by atoms with Crippen LogP contribution < -0.4 is 14.2 Å². The molecule has 0 spiro atoms. The van der Waals surface area contributed by atoms with E-state index in [1.165, 1.54) is 11.1 Å². The topological polar surface area (TPSA) is 47.9 Å². The van der Waals surface area contributed by atoms with Crippen molar-refractivity contribution in [3.05, 3.63) is 34.9 Å². The Balaban J connectivity index is 1.89. The standard InChI is InChI=1S/C20H21NO4/c1-21(2)7-6-12-9-15-20(25-10-24-15)18-16(12)13(21)8-11-4-5-14(23-3)19(22)17(11)18/h4-5,9,13H,6-8,10H2,1-3H3/p+1. The number of phenolic OH excluding ortho intramolecular Hbond substituents is 1. The Morgan fingerprint density at radius 2 is 2.00 bits per heavy atom. The van der Waals surface area contributed by atoms with Crippen LogP contribution in [-0.2, 0) is 12.8 Å². The lowest BCUT2D eigenvalue weighted by Crippen LogP contribution is -2.49. The zero-order valence-corrected chi connectivity index (χ0v) is 14.8. The predicted molar refractivity (Wildman–Crippen MR) is 93.3 cm³/mol. The predicted octanol–water partition coefficient (Wildman–Crippen LogP) is 3.03. The monoisotopic (exact) mass is 340 g/mol. The summed E-state index contributed by atoms with van der Waals surface area (Å²) >= 11 is 0. The number of likely N-dealkylation sites (N-methyl/N-ethyl adjacent to an activating group) is 1. The van der Waals surface area contributed by atoms with Gasteiger partial charge in [-0.1, -0.05) is 6.07 Å². The number of fused-ring (bicyclic) bond motifs is 4. The molecule has 2 aromatic rings. The molecule has 1 atom stereocenters. The molecule has 2 aliphatic heterocycles. The molecular formula is C20H22NO4+. The summed E-state index contributed by atoms with van der Waals surface area (Å²) in [7, 11) is 6.16. The van der Waals surface area contributed by atoms with E-state index in [9.17, 15) is 5.11 Å². The molecule has 1 N–H and O–H groups in total. The van der Waals surface area contributed by atoms with Crippen molar-refractivity contribution >= 4 is 0 Å². The molecule has 130 valence electrons. The van der Waals surface area contributed by atoms with Gasteiger partial charge in [-0.2, -0.15) is 0 Å². The maximum Gasteiger partial charge on any atom is 0.231 e. The lowest BCUT2D eigenvalue weighted by atomic mass is 9.75. The summed E-state index contributed by atoms with van der Waals surface area (Å²) in [4.78, 5) is 0. The molecule has 5 nitrogen and oxygen atoms in total. The molecule has 0 fully saturated rings. The van der Waals surface area contributed by atoms with Crippen LogP contribution in [-0.4, -0.2) is 44.1 Å². The maximum atomic E-state index is 10.9. The van der Waals surface area contributed by atoms with Crippen LogP contribution in [0.2, 0.25) is 0 Å². The van der Waals surface area contributed by atoms with E-state index in [-0.39, 0.29) is 12.5 Å². The summed E-state index contributed by atoms with van der Waals surface area (Å²) in [6.07, 6.45) is 1.90. The van der Waals surface area contributed by atoms with E-state index in [0.29, 0.717) is 11.8 Å². The van der Waals surface area contributed by atoms with Crippen molar-refractivity contribution in [3.8, 4) is 34.1 Å². The van der Waals surface area contributed by atoms with Gasteiger partial charge >= 0.3 is 0 Å². The zero-order chi connectivity index (χ0) is 17.3. The number of hydrogen-bond donors (Lipinski definition) is 1. The van der Waals surface area contributed by atoms with Crippen molar-refractivity contribution in [1.29, 1.82) is 0 Å². The number of ether oxygens (including phenoxy) is 3. The van der Waals surface area contributed by atoms with Crippen LogP contribution in [0.5, 0.6) is 23.0 Å². The summed E-state index contributed by atoms with van der Waals surface area (Å²) in [6, 6.07) is 6.41. The molecule has 0 amide bonds. The minimum absolute atomic E-state index is 0.195. The van der Waals surface area contributed by atoms with E-state index in [2.05, 4.69) is 26.2 Å². The number of quaternary nitrogens is 1. The summed E-state index contributed by atoms with van der Waals surface area (Å²) in [5.41, 5.74) is 5.60. The normalized spacial score (nSPS) is 21.5. The van der Waals surface area contributed by atoms with Crippen LogP contribution in [0.3, 0.4) is 0 Å². The zero-order valence-electron chi connectivity index (χ0n) is 14.8. The van der Waals surface area contributed by atoms with Crippen LogP contribution in [0.25, 0.3) is 11.1 Å². The van der Waals surface area contributed by atoms with Gasteiger partial charge in [0, 0.05) is 29.5 Å². The molecule has 0 saturated heterocycles. The number of nitrogens with zero attached hydrogens (tertiary/aromatic N) is 1. The van der Waals surface area contributed by atoms with Gasteiger partial charge in [-0.05, 0) is 23.3 Å². The molecule has 1 unspecified atom stereocenters. The molecule has 0 aromatic heterocycles.